The maximum absolute atomic E-state index is 13.1. The highest BCUT2D eigenvalue weighted by molar-refractivity contribution is 6.36. The molecule has 2 bridgehead atoms. The summed E-state index contributed by atoms with van der Waals surface area (Å²) >= 11 is 6.43. The van der Waals surface area contributed by atoms with Crippen LogP contribution in [-0.2, 0) is 9.59 Å². The Morgan fingerprint density at radius 3 is 2.28 bits per heavy atom. The van der Waals surface area contributed by atoms with E-state index in [9.17, 15) is 14.4 Å². The van der Waals surface area contributed by atoms with Crippen LogP contribution in [0.3, 0.4) is 0 Å². The van der Waals surface area contributed by atoms with Crippen LogP contribution < -0.4 is 10.2 Å². The van der Waals surface area contributed by atoms with E-state index in [0.717, 1.165) is 12.8 Å². The molecule has 1 aromatic heterocycles. The van der Waals surface area contributed by atoms with E-state index < -0.39 is 0 Å². The molecule has 2 fully saturated rings. The van der Waals surface area contributed by atoms with Crippen molar-refractivity contribution in [2.24, 2.45) is 23.7 Å². The van der Waals surface area contributed by atoms with Gasteiger partial charge in [-0.2, -0.15) is 0 Å². The second kappa shape index (κ2) is 6.81. The molecule has 4 aliphatic rings. The Morgan fingerprint density at radius 1 is 1.03 bits per heavy atom. The lowest BCUT2D eigenvalue weighted by Crippen LogP contribution is -2.38. The number of fused-ring (bicyclic) bond motifs is 1. The maximum atomic E-state index is 13.1. The van der Waals surface area contributed by atoms with Gasteiger partial charge in [-0.05, 0) is 55.0 Å². The van der Waals surface area contributed by atoms with Crippen molar-refractivity contribution in [1.82, 2.24) is 4.98 Å². The number of pyridine rings is 1. The van der Waals surface area contributed by atoms with Gasteiger partial charge in [0, 0.05) is 11.9 Å². The second-order valence-electron chi connectivity index (χ2n) is 7.69. The lowest BCUT2D eigenvalue weighted by molar-refractivity contribution is -0.124. The monoisotopic (exact) mass is 407 g/mol. The number of amides is 3. The van der Waals surface area contributed by atoms with E-state index in [1.54, 1.807) is 36.4 Å². The predicted molar refractivity (Wildman–Crippen MR) is 108 cm³/mol. The van der Waals surface area contributed by atoms with Crippen LogP contribution in [0, 0.1) is 23.7 Å². The van der Waals surface area contributed by atoms with Gasteiger partial charge < -0.3 is 5.32 Å². The van der Waals surface area contributed by atoms with Crippen molar-refractivity contribution in [1.29, 1.82) is 0 Å². The number of aromatic nitrogens is 1. The van der Waals surface area contributed by atoms with Gasteiger partial charge in [-0.3, -0.25) is 19.4 Å². The molecule has 1 N–H and O–H groups in total. The Bertz CT molecular complexity index is 1020. The SMILES string of the molecule is O=C(Nc1ccc(N2C(=O)C3[C@@H]4C=C[C@@H](CC4)[C@H]3C2=O)c(Cl)c1)c1ccccn1. The minimum Gasteiger partial charge on any atom is -0.321 e. The van der Waals surface area contributed by atoms with Crippen molar-refractivity contribution in [2.75, 3.05) is 10.2 Å². The van der Waals surface area contributed by atoms with E-state index >= 15 is 0 Å². The van der Waals surface area contributed by atoms with Crippen molar-refractivity contribution in [3.63, 3.8) is 0 Å². The van der Waals surface area contributed by atoms with Crippen LogP contribution in [0.25, 0.3) is 0 Å². The normalized spacial score (nSPS) is 27.3. The van der Waals surface area contributed by atoms with Crippen molar-refractivity contribution in [3.8, 4) is 0 Å². The highest BCUT2D eigenvalue weighted by Gasteiger charge is 2.57. The molecular formula is C22H18ClN3O3. The highest BCUT2D eigenvalue weighted by Crippen LogP contribution is 2.51. The summed E-state index contributed by atoms with van der Waals surface area (Å²) in [5.74, 6) is -1.03. The third-order valence-corrected chi connectivity index (χ3v) is 6.41. The van der Waals surface area contributed by atoms with E-state index in [1.807, 2.05) is 0 Å². The van der Waals surface area contributed by atoms with Crippen LogP contribution in [0.15, 0.2) is 54.7 Å². The smallest absolute Gasteiger partial charge is 0.274 e. The molecule has 6 nitrogen and oxygen atoms in total. The van der Waals surface area contributed by atoms with Crippen molar-refractivity contribution >= 4 is 40.7 Å². The number of rotatable bonds is 3. The molecule has 3 aliphatic carbocycles. The number of nitrogens with zero attached hydrogens (tertiary/aromatic N) is 2. The molecule has 146 valence electrons. The summed E-state index contributed by atoms with van der Waals surface area (Å²) in [5.41, 5.74) is 1.11. The highest BCUT2D eigenvalue weighted by atomic mass is 35.5. The number of halogens is 1. The fourth-order valence-electron chi connectivity index (χ4n) is 4.77. The molecule has 1 saturated heterocycles. The molecular weight excluding hydrogens is 390 g/mol. The number of anilines is 2. The van der Waals surface area contributed by atoms with E-state index in [-0.39, 0.29) is 52.1 Å². The van der Waals surface area contributed by atoms with Crippen molar-refractivity contribution in [3.05, 3.63) is 65.5 Å². The molecule has 1 saturated carbocycles. The zero-order chi connectivity index (χ0) is 20.1. The maximum Gasteiger partial charge on any atom is 0.274 e. The molecule has 0 radical (unpaired) electrons. The zero-order valence-corrected chi connectivity index (χ0v) is 16.2. The number of hydrogen-bond acceptors (Lipinski definition) is 4. The van der Waals surface area contributed by atoms with Crippen molar-refractivity contribution in [2.45, 2.75) is 12.8 Å². The topological polar surface area (TPSA) is 79.4 Å². The van der Waals surface area contributed by atoms with Crippen LogP contribution >= 0.6 is 11.6 Å². The van der Waals surface area contributed by atoms with Gasteiger partial charge in [-0.25, -0.2) is 4.90 Å². The van der Waals surface area contributed by atoms with Crippen LogP contribution in [0.5, 0.6) is 0 Å². The molecule has 1 aromatic carbocycles. The predicted octanol–water partition coefficient (Wildman–Crippen LogP) is 3.69. The van der Waals surface area contributed by atoms with Gasteiger partial charge in [-0.1, -0.05) is 29.8 Å². The number of carbonyl (C=O) groups excluding carboxylic acids is 3. The van der Waals surface area contributed by atoms with E-state index in [2.05, 4.69) is 22.5 Å². The average molecular weight is 408 g/mol. The molecule has 2 heterocycles. The van der Waals surface area contributed by atoms with Gasteiger partial charge in [0.15, 0.2) is 0 Å². The van der Waals surface area contributed by atoms with Crippen LogP contribution in [-0.4, -0.2) is 22.7 Å². The van der Waals surface area contributed by atoms with Crippen LogP contribution in [0.1, 0.15) is 23.3 Å². The summed E-state index contributed by atoms with van der Waals surface area (Å²) in [6, 6.07) is 9.86. The number of allylic oxidation sites excluding steroid dienone is 2. The third-order valence-electron chi connectivity index (χ3n) is 6.10. The molecule has 1 unspecified atom stereocenters. The van der Waals surface area contributed by atoms with Crippen LogP contribution in [0.2, 0.25) is 5.02 Å². The number of nitrogens with one attached hydrogen (secondary N) is 1. The molecule has 3 amide bonds. The number of imide groups is 1. The second-order valence-corrected chi connectivity index (χ2v) is 8.10. The first kappa shape index (κ1) is 18.1. The van der Waals surface area contributed by atoms with Gasteiger partial charge in [0.2, 0.25) is 11.8 Å². The standard InChI is InChI=1S/C22H18ClN3O3/c23-15-11-14(25-20(27)16-3-1-2-10-24-16)8-9-17(15)26-21(28)18-12-4-5-13(7-6-12)19(18)22(26)29/h1-5,8-13,18-19H,6-7H2,(H,25,27)/t12-,13+,18+,19?/m0/s1. The summed E-state index contributed by atoms with van der Waals surface area (Å²) in [6.45, 7) is 0. The minimum atomic E-state index is -0.364. The fraction of sp³-hybridized carbons (Fsp3) is 0.273. The van der Waals surface area contributed by atoms with Gasteiger partial charge in [0.25, 0.3) is 5.91 Å². The lowest BCUT2D eigenvalue weighted by Gasteiger charge is -2.38. The molecule has 29 heavy (non-hydrogen) atoms. The Hall–Kier alpha value is -2.99. The average Bonchev–Trinajstić information content (AvgIpc) is 3.02. The first-order chi connectivity index (χ1) is 14.0. The number of benzene rings is 1. The van der Waals surface area contributed by atoms with Crippen LogP contribution in [0.4, 0.5) is 11.4 Å². The Kier molecular flexibility index (Phi) is 4.24. The third kappa shape index (κ3) is 2.86. The Labute approximate surface area is 172 Å². The summed E-state index contributed by atoms with van der Waals surface area (Å²) in [5, 5.41) is 2.97. The molecule has 2 aromatic rings. The summed E-state index contributed by atoms with van der Waals surface area (Å²) in [4.78, 5) is 43.7. The first-order valence-electron chi connectivity index (χ1n) is 9.62. The number of hydrogen-bond donors (Lipinski definition) is 1. The van der Waals surface area contributed by atoms with Crippen molar-refractivity contribution < 1.29 is 14.4 Å². The minimum absolute atomic E-state index is 0.127. The zero-order valence-electron chi connectivity index (χ0n) is 15.4. The van der Waals surface area contributed by atoms with E-state index in [4.69, 9.17) is 11.6 Å². The van der Waals surface area contributed by atoms with E-state index in [1.165, 1.54) is 11.1 Å². The van der Waals surface area contributed by atoms with E-state index in [0.29, 0.717) is 11.4 Å². The number of carbonyl (C=O) groups is 3. The Balaban J connectivity index is 1.40. The van der Waals surface area contributed by atoms with Gasteiger partial charge in [0.05, 0.1) is 22.5 Å². The summed E-state index contributed by atoms with van der Waals surface area (Å²) in [6.07, 6.45) is 7.60. The Morgan fingerprint density at radius 2 is 1.72 bits per heavy atom. The van der Waals surface area contributed by atoms with Gasteiger partial charge in [-0.15, -0.1) is 0 Å². The molecule has 4 atom stereocenters. The summed E-state index contributed by atoms with van der Waals surface area (Å²) in [7, 11) is 0. The largest absolute Gasteiger partial charge is 0.321 e. The molecule has 1 aliphatic heterocycles. The molecule has 0 spiro atoms. The molecule has 6 rings (SSSR count). The quantitative estimate of drug-likeness (QED) is 0.621. The summed E-state index contributed by atoms with van der Waals surface area (Å²) < 4.78 is 0. The van der Waals surface area contributed by atoms with Gasteiger partial charge >= 0.3 is 0 Å². The molecule has 7 heteroatoms. The lowest BCUT2D eigenvalue weighted by atomic mass is 9.63. The van der Waals surface area contributed by atoms with Gasteiger partial charge in [0.1, 0.15) is 5.69 Å². The first-order valence-corrected chi connectivity index (χ1v) is 10.0. The fourth-order valence-corrected chi connectivity index (χ4v) is 5.03.